The highest BCUT2D eigenvalue weighted by Crippen LogP contribution is 2.13. The van der Waals surface area contributed by atoms with Crippen molar-refractivity contribution >= 4 is 16.3 Å². The molecule has 0 aliphatic rings. The first-order chi connectivity index (χ1) is 6.75. The van der Waals surface area contributed by atoms with Gasteiger partial charge < -0.3 is 5.73 Å². The van der Waals surface area contributed by atoms with Gasteiger partial charge in [-0.15, -0.1) is 11.3 Å². The van der Waals surface area contributed by atoms with Gasteiger partial charge in [0, 0.05) is 23.8 Å². The molecule has 0 saturated carbocycles. The first-order valence-electron chi connectivity index (χ1n) is 4.92. The molecule has 14 heavy (non-hydrogen) atoms. The van der Waals surface area contributed by atoms with Crippen LogP contribution in [-0.2, 0) is 6.42 Å². The van der Waals surface area contributed by atoms with Gasteiger partial charge in [-0.2, -0.15) is 0 Å². The molecule has 3 nitrogen and oxygen atoms in total. The van der Waals surface area contributed by atoms with Gasteiger partial charge in [-0.1, -0.05) is 0 Å². The second kappa shape index (κ2) is 4.11. The largest absolute Gasteiger partial charge is 0.328 e. The van der Waals surface area contributed by atoms with Crippen LogP contribution in [0.15, 0.2) is 17.8 Å². The van der Waals surface area contributed by atoms with Gasteiger partial charge in [0.1, 0.15) is 0 Å². The standard InChI is InChI=1S/C10H15N3S/c1-8(11)3-2-4-9-7-13-5-6-14-10(13)12-9/h5-8H,2-4,11H2,1H3. The van der Waals surface area contributed by atoms with Crippen LogP contribution in [0.2, 0.25) is 0 Å². The minimum absolute atomic E-state index is 0.304. The number of aryl methyl sites for hydroxylation is 1. The van der Waals surface area contributed by atoms with Crippen LogP contribution in [0.25, 0.3) is 4.96 Å². The van der Waals surface area contributed by atoms with Gasteiger partial charge in [0.2, 0.25) is 0 Å². The molecule has 0 fully saturated rings. The predicted octanol–water partition coefficient (Wildman–Crippen LogP) is 2.07. The number of hydrogen-bond acceptors (Lipinski definition) is 3. The highest BCUT2D eigenvalue weighted by molar-refractivity contribution is 7.15. The molecule has 0 aliphatic heterocycles. The fourth-order valence-electron chi connectivity index (χ4n) is 1.50. The summed E-state index contributed by atoms with van der Waals surface area (Å²) in [6.45, 7) is 2.05. The highest BCUT2D eigenvalue weighted by atomic mass is 32.1. The van der Waals surface area contributed by atoms with Crippen molar-refractivity contribution in [3.05, 3.63) is 23.5 Å². The van der Waals surface area contributed by atoms with E-state index in [9.17, 15) is 0 Å². The second-order valence-electron chi connectivity index (χ2n) is 3.69. The second-order valence-corrected chi connectivity index (χ2v) is 4.57. The summed E-state index contributed by atoms with van der Waals surface area (Å²) < 4.78 is 2.08. The Hall–Kier alpha value is -0.870. The van der Waals surface area contributed by atoms with Gasteiger partial charge in [0.05, 0.1) is 5.69 Å². The lowest BCUT2D eigenvalue weighted by molar-refractivity contribution is 0.621. The van der Waals surface area contributed by atoms with Crippen molar-refractivity contribution in [3.63, 3.8) is 0 Å². The van der Waals surface area contributed by atoms with E-state index in [-0.39, 0.29) is 0 Å². The van der Waals surface area contributed by atoms with Gasteiger partial charge in [-0.25, -0.2) is 4.98 Å². The Morgan fingerprint density at radius 1 is 1.64 bits per heavy atom. The van der Waals surface area contributed by atoms with Crippen LogP contribution in [0, 0.1) is 0 Å². The first kappa shape index (κ1) is 9.68. The molecule has 2 heterocycles. The zero-order valence-electron chi connectivity index (χ0n) is 8.31. The zero-order chi connectivity index (χ0) is 9.97. The normalized spacial score (nSPS) is 13.6. The van der Waals surface area contributed by atoms with E-state index >= 15 is 0 Å². The third kappa shape index (κ3) is 2.13. The molecule has 2 aromatic heterocycles. The van der Waals surface area contributed by atoms with E-state index in [2.05, 4.69) is 15.6 Å². The summed E-state index contributed by atoms with van der Waals surface area (Å²) in [7, 11) is 0. The lowest BCUT2D eigenvalue weighted by atomic mass is 10.1. The maximum atomic E-state index is 5.69. The molecular formula is C10H15N3S. The van der Waals surface area contributed by atoms with Gasteiger partial charge in [0.15, 0.2) is 4.96 Å². The van der Waals surface area contributed by atoms with Crippen molar-refractivity contribution in [2.24, 2.45) is 5.73 Å². The SMILES string of the molecule is CC(N)CCCc1cn2ccsc2n1. The number of nitrogens with two attached hydrogens (primary N) is 1. The first-order valence-corrected chi connectivity index (χ1v) is 5.80. The molecule has 0 spiro atoms. The minimum atomic E-state index is 0.304. The molecule has 2 aromatic rings. The average Bonchev–Trinajstić information content (AvgIpc) is 2.62. The smallest absolute Gasteiger partial charge is 0.193 e. The van der Waals surface area contributed by atoms with Crippen molar-refractivity contribution in [2.75, 3.05) is 0 Å². The summed E-state index contributed by atoms with van der Waals surface area (Å²) >= 11 is 1.68. The number of thiazole rings is 1. The maximum Gasteiger partial charge on any atom is 0.193 e. The minimum Gasteiger partial charge on any atom is -0.328 e. The predicted molar refractivity (Wildman–Crippen MR) is 59.7 cm³/mol. The molecule has 2 N–H and O–H groups in total. The lowest BCUT2D eigenvalue weighted by Crippen LogP contribution is -2.14. The molecular weight excluding hydrogens is 194 g/mol. The van der Waals surface area contributed by atoms with Crippen LogP contribution < -0.4 is 5.73 Å². The van der Waals surface area contributed by atoms with Gasteiger partial charge >= 0.3 is 0 Å². The average molecular weight is 209 g/mol. The van der Waals surface area contributed by atoms with Crippen molar-refractivity contribution in [3.8, 4) is 0 Å². The molecule has 0 bridgehead atoms. The van der Waals surface area contributed by atoms with Crippen molar-refractivity contribution in [2.45, 2.75) is 32.2 Å². The summed E-state index contributed by atoms with van der Waals surface area (Å²) in [6.07, 6.45) is 7.39. The summed E-state index contributed by atoms with van der Waals surface area (Å²) in [5.41, 5.74) is 6.87. The highest BCUT2D eigenvalue weighted by Gasteiger charge is 2.02. The quantitative estimate of drug-likeness (QED) is 0.837. The lowest BCUT2D eigenvalue weighted by Gasteiger charge is -2.01. The van der Waals surface area contributed by atoms with Crippen LogP contribution >= 0.6 is 11.3 Å². The zero-order valence-corrected chi connectivity index (χ0v) is 9.13. The van der Waals surface area contributed by atoms with Crippen LogP contribution in [0.4, 0.5) is 0 Å². The summed E-state index contributed by atoms with van der Waals surface area (Å²) in [6, 6.07) is 0.304. The third-order valence-electron chi connectivity index (χ3n) is 2.24. The van der Waals surface area contributed by atoms with Gasteiger partial charge in [0.25, 0.3) is 0 Å². The number of aromatic nitrogens is 2. The van der Waals surface area contributed by atoms with Crippen molar-refractivity contribution in [1.82, 2.24) is 9.38 Å². The van der Waals surface area contributed by atoms with E-state index in [1.807, 2.05) is 18.5 Å². The Balaban J connectivity index is 1.95. The topological polar surface area (TPSA) is 43.3 Å². The molecule has 0 saturated heterocycles. The van der Waals surface area contributed by atoms with E-state index in [0.29, 0.717) is 6.04 Å². The number of rotatable bonds is 4. The Kier molecular flexibility index (Phi) is 2.84. The number of fused-ring (bicyclic) bond motifs is 1. The molecule has 76 valence electrons. The molecule has 0 aromatic carbocycles. The van der Waals surface area contributed by atoms with E-state index in [1.54, 1.807) is 11.3 Å². The molecule has 0 amide bonds. The molecule has 4 heteroatoms. The maximum absolute atomic E-state index is 5.69. The Bertz CT molecular complexity index is 374. The number of hydrogen-bond donors (Lipinski definition) is 1. The summed E-state index contributed by atoms with van der Waals surface area (Å²) in [4.78, 5) is 5.59. The van der Waals surface area contributed by atoms with Gasteiger partial charge in [-0.05, 0) is 26.2 Å². The van der Waals surface area contributed by atoms with E-state index in [0.717, 1.165) is 24.2 Å². The fraction of sp³-hybridized carbons (Fsp3) is 0.500. The van der Waals surface area contributed by atoms with Crippen LogP contribution in [0.5, 0.6) is 0 Å². The van der Waals surface area contributed by atoms with Crippen LogP contribution in [0.1, 0.15) is 25.5 Å². The number of imidazole rings is 1. The molecule has 2 rings (SSSR count). The van der Waals surface area contributed by atoms with Crippen LogP contribution in [-0.4, -0.2) is 15.4 Å². The third-order valence-corrected chi connectivity index (χ3v) is 3.01. The van der Waals surface area contributed by atoms with E-state index in [4.69, 9.17) is 5.73 Å². The van der Waals surface area contributed by atoms with Gasteiger partial charge in [-0.3, -0.25) is 4.40 Å². The fourth-order valence-corrected chi connectivity index (χ4v) is 2.22. The Morgan fingerprint density at radius 3 is 3.21 bits per heavy atom. The molecule has 1 atom stereocenters. The Morgan fingerprint density at radius 2 is 2.50 bits per heavy atom. The van der Waals surface area contributed by atoms with Crippen molar-refractivity contribution < 1.29 is 0 Å². The Labute approximate surface area is 87.6 Å². The monoisotopic (exact) mass is 209 g/mol. The van der Waals surface area contributed by atoms with Crippen LogP contribution in [0.3, 0.4) is 0 Å². The summed E-state index contributed by atoms with van der Waals surface area (Å²) in [5.74, 6) is 0. The number of nitrogens with zero attached hydrogens (tertiary/aromatic N) is 2. The summed E-state index contributed by atoms with van der Waals surface area (Å²) in [5, 5.41) is 2.05. The van der Waals surface area contributed by atoms with E-state index in [1.165, 1.54) is 5.69 Å². The molecule has 1 unspecified atom stereocenters. The molecule has 0 radical (unpaired) electrons. The van der Waals surface area contributed by atoms with Crippen molar-refractivity contribution in [1.29, 1.82) is 0 Å². The van der Waals surface area contributed by atoms with E-state index < -0.39 is 0 Å². The molecule has 0 aliphatic carbocycles.